The standard InChI is InChI=1S/C13H16N2O7/c1-10(16)14-6-7-20-8-9-21-13(17)22-12-4-2-11(3-5-12)15(18)19/h2-5H,6-9H2,1H3,(H,14,16). The molecule has 22 heavy (non-hydrogen) atoms. The Morgan fingerprint density at radius 3 is 2.45 bits per heavy atom. The Hall–Kier alpha value is -2.68. The number of carbonyl (C=O) groups excluding carboxylic acids is 2. The third-order valence-electron chi connectivity index (χ3n) is 2.32. The highest BCUT2D eigenvalue weighted by Gasteiger charge is 2.08. The summed E-state index contributed by atoms with van der Waals surface area (Å²) in [6.45, 7) is 2.24. The van der Waals surface area contributed by atoms with Crippen LogP contribution in [-0.4, -0.2) is 43.4 Å². The third kappa shape index (κ3) is 7.20. The van der Waals surface area contributed by atoms with E-state index in [1.165, 1.54) is 31.2 Å². The summed E-state index contributed by atoms with van der Waals surface area (Å²) in [6, 6.07) is 5.02. The smallest absolute Gasteiger partial charge is 0.432 e. The molecule has 1 aromatic rings. The number of nitrogens with zero attached hydrogens (tertiary/aromatic N) is 1. The molecule has 0 aliphatic carbocycles. The van der Waals surface area contributed by atoms with Crippen LogP contribution in [0.25, 0.3) is 0 Å². The van der Waals surface area contributed by atoms with Crippen LogP contribution in [0.3, 0.4) is 0 Å². The van der Waals surface area contributed by atoms with E-state index >= 15 is 0 Å². The highest BCUT2D eigenvalue weighted by Crippen LogP contribution is 2.17. The van der Waals surface area contributed by atoms with Crippen LogP contribution < -0.4 is 10.1 Å². The summed E-state index contributed by atoms with van der Waals surface area (Å²) in [5, 5.41) is 13.0. The minimum Gasteiger partial charge on any atom is -0.432 e. The predicted molar refractivity (Wildman–Crippen MR) is 74.6 cm³/mol. The Balaban J connectivity index is 2.15. The maximum Gasteiger partial charge on any atom is 0.513 e. The molecule has 0 aliphatic heterocycles. The number of ether oxygens (including phenoxy) is 3. The van der Waals surface area contributed by atoms with Crippen molar-refractivity contribution in [1.82, 2.24) is 5.32 Å². The zero-order valence-corrected chi connectivity index (χ0v) is 11.9. The SMILES string of the molecule is CC(=O)NCCOCCOC(=O)Oc1ccc([N+](=O)[O-])cc1. The van der Waals surface area contributed by atoms with Gasteiger partial charge in [-0.1, -0.05) is 0 Å². The molecule has 0 spiro atoms. The summed E-state index contributed by atoms with van der Waals surface area (Å²) < 4.78 is 14.7. The van der Waals surface area contributed by atoms with Crippen LogP contribution >= 0.6 is 0 Å². The second-order valence-electron chi connectivity index (χ2n) is 4.05. The van der Waals surface area contributed by atoms with Gasteiger partial charge in [-0.05, 0) is 12.1 Å². The van der Waals surface area contributed by atoms with Crippen LogP contribution in [-0.2, 0) is 14.3 Å². The summed E-state index contributed by atoms with van der Waals surface area (Å²) in [5.74, 6) is -0.00583. The van der Waals surface area contributed by atoms with Gasteiger partial charge in [-0.15, -0.1) is 0 Å². The molecule has 0 heterocycles. The number of benzene rings is 1. The van der Waals surface area contributed by atoms with Crippen molar-refractivity contribution in [2.45, 2.75) is 6.92 Å². The fourth-order valence-corrected chi connectivity index (χ4v) is 1.35. The number of carbonyl (C=O) groups is 2. The Morgan fingerprint density at radius 1 is 1.18 bits per heavy atom. The van der Waals surface area contributed by atoms with Gasteiger partial charge in [-0.2, -0.15) is 0 Å². The number of nitro benzene ring substituents is 1. The van der Waals surface area contributed by atoms with Crippen molar-refractivity contribution in [3.05, 3.63) is 34.4 Å². The normalized spacial score (nSPS) is 9.86. The average molecular weight is 312 g/mol. The number of non-ortho nitro benzene ring substituents is 1. The van der Waals surface area contributed by atoms with E-state index in [4.69, 9.17) is 14.2 Å². The molecule has 1 amide bonds. The zero-order valence-electron chi connectivity index (χ0n) is 11.9. The van der Waals surface area contributed by atoms with Crippen molar-refractivity contribution in [1.29, 1.82) is 0 Å². The van der Waals surface area contributed by atoms with Crippen molar-refractivity contribution in [2.24, 2.45) is 0 Å². The molecule has 0 aromatic heterocycles. The van der Waals surface area contributed by atoms with Gasteiger partial charge in [0.2, 0.25) is 5.91 Å². The van der Waals surface area contributed by atoms with E-state index < -0.39 is 11.1 Å². The van der Waals surface area contributed by atoms with Crippen molar-refractivity contribution >= 4 is 17.7 Å². The number of hydrogen-bond donors (Lipinski definition) is 1. The molecule has 120 valence electrons. The number of amides is 1. The second-order valence-corrected chi connectivity index (χ2v) is 4.05. The largest absolute Gasteiger partial charge is 0.513 e. The van der Waals surface area contributed by atoms with E-state index in [1.54, 1.807) is 0 Å². The summed E-state index contributed by atoms with van der Waals surface area (Å²) in [4.78, 5) is 31.8. The maximum absolute atomic E-state index is 11.3. The Bertz CT molecular complexity index is 516. The van der Waals surface area contributed by atoms with Gasteiger partial charge < -0.3 is 19.5 Å². The van der Waals surface area contributed by atoms with E-state index in [9.17, 15) is 19.7 Å². The maximum atomic E-state index is 11.3. The van der Waals surface area contributed by atoms with Crippen LogP contribution in [0.5, 0.6) is 5.75 Å². The van der Waals surface area contributed by atoms with E-state index in [2.05, 4.69) is 5.32 Å². The first-order valence-electron chi connectivity index (χ1n) is 6.40. The molecule has 1 rings (SSSR count). The molecule has 0 atom stereocenters. The number of nitrogens with one attached hydrogen (secondary N) is 1. The van der Waals surface area contributed by atoms with E-state index in [-0.39, 0.29) is 30.6 Å². The minimum absolute atomic E-state index is 0.00805. The van der Waals surface area contributed by atoms with Crippen molar-refractivity contribution in [3.8, 4) is 5.75 Å². The van der Waals surface area contributed by atoms with Gasteiger partial charge in [0.05, 0.1) is 18.1 Å². The molecule has 0 unspecified atom stereocenters. The number of nitro groups is 1. The van der Waals surface area contributed by atoms with E-state index in [1.807, 2.05) is 0 Å². The fraction of sp³-hybridized carbons (Fsp3) is 0.385. The lowest BCUT2D eigenvalue weighted by Gasteiger charge is -2.07. The highest BCUT2D eigenvalue weighted by molar-refractivity contribution is 5.72. The molecular formula is C13H16N2O7. The van der Waals surface area contributed by atoms with Crippen LogP contribution in [0, 0.1) is 10.1 Å². The molecule has 1 aromatic carbocycles. The monoisotopic (exact) mass is 312 g/mol. The van der Waals surface area contributed by atoms with E-state index in [0.717, 1.165) is 0 Å². The second kappa shape index (κ2) is 9.29. The fourth-order valence-electron chi connectivity index (χ4n) is 1.35. The third-order valence-corrected chi connectivity index (χ3v) is 2.32. The average Bonchev–Trinajstić information content (AvgIpc) is 2.46. The molecule has 1 N–H and O–H groups in total. The molecule has 0 fully saturated rings. The van der Waals surface area contributed by atoms with Gasteiger partial charge in [0.15, 0.2) is 0 Å². The van der Waals surface area contributed by atoms with Crippen LogP contribution in [0.1, 0.15) is 6.92 Å². The Morgan fingerprint density at radius 2 is 1.86 bits per heavy atom. The van der Waals surface area contributed by atoms with Crippen LogP contribution in [0.15, 0.2) is 24.3 Å². The lowest BCUT2D eigenvalue weighted by Crippen LogP contribution is -2.25. The zero-order chi connectivity index (χ0) is 16.4. The molecule has 9 heteroatoms. The first-order valence-corrected chi connectivity index (χ1v) is 6.40. The van der Waals surface area contributed by atoms with Crippen LogP contribution in [0.4, 0.5) is 10.5 Å². The molecule has 9 nitrogen and oxygen atoms in total. The Labute approximate surface area is 126 Å². The first-order chi connectivity index (χ1) is 10.5. The molecule has 0 saturated heterocycles. The number of hydrogen-bond acceptors (Lipinski definition) is 7. The predicted octanol–water partition coefficient (Wildman–Crippen LogP) is 1.26. The van der Waals surface area contributed by atoms with Gasteiger partial charge >= 0.3 is 6.16 Å². The van der Waals surface area contributed by atoms with Gasteiger partial charge in [0.25, 0.3) is 5.69 Å². The van der Waals surface area contributed by atoms with Gasteiger partial charge in [-0.3, -0.25) is 14.9 Å². The van der Waals surface area contributed by atoms with Gasteiger partial charge in [0, 0.05) is 25.6 Å². The molecule has 0 bridgehead atoms. The lowest BCUT2D eigenvalue weighted by molar-refractivity contribution is -0.384. The summed E-state index contributed by atoms with van der Waals surface area (Å²) in [7, 11) is 0. The van der Waals surface area contributed by atoms with Crippen molar-refractivity contribution in [2.75, 3.05) is 26.4 Å². The minimum atomic E-state index is -0.931. The van der Waals surface area contributed by atoms with E-state index in [0.29, 0.717) is 13.2 Å². The summed E-state index contributed by atoms with van der Waals surface area (Å²) >= 11 is 0. The van der Waals surface area contributed by atoms with Crippen molar-refractivity contribution < 1.29 is 28.7 Å². The topological polar surface area (TPSA) is 117 Å². The van der Waals surface area contributed by atoms with Crippen LogP contribution in [0.2, 0.25) is 0 Å². The highest BCUT2D eigenvalue weighted by atomic mass is 16.7. The molecular weight excluding hydrogens is 296 g/mol. The summed E-state index contributed by atoms with van der Waals surface area (Å²) in [5.41, 5.74) is -0.103. The molecule has 0 aliphatic rings. The van der Waals surface area contributed by atoms with Gasteiger partial charge in [0.1, 0.15) is 12.4 Å². The quantitative estimate of drug-likeness (QED) is 0.252. The van der Waals surface area contributed by atoms with Crippen molar-refractivity contribution in [3.63, 3.8) is 0 Å². The first kappa shape index (κ1) is 17.4. The summed E-state index contributed by atoms with van der Waals surface area (Å²) in [6.07, 6.45) is -0.931. The molecule has 0 saturated carbocycles. The van der Waals surface area contributed by atoms with Gasteiger partial charge in [-0.25, -0.2) is 4.79 Å². The molecule has 0 radical (unpaired) electrons. The Kier molecular flexibility index (Phi) is 7.34. The number of rotatable bonds is 8. The lowest BCUT2D eigenvalue weighted by atomic mass is 10.3.